The van der Waals surface area contributed by atoms with Gasteiger partial charge in [-0.15, -0.1) is 0 Å². The van der Waals surface area contributed by atoms with Crippen LogP contribution in [0.25, 0.3) is 5.82 Å². The Kier molecular flexibility index (Phi) is 6.79. The summed E-state index contributed by atoms with van der Waals surface area (Å²) in [6, 6.07) is 6.47. The first-order chi connectivity index (χ1) is 16.5. The Labute approximate surface area is 208 Å². The van der Waals surface area contributed by atoms with Gasteiger partial charge in [-0.1, -0.05) is 23.2 Å². The molecule has 184 valence electrons. The molecule has 0 unspecified atom stereocenters. The SMILES string of the molecule is Cc1cc(Cl)cc(C(=O)N(C)CC2CC2)c1NC(=O)c1cc(C(F)(F)F)nn1-c1ncccc1Cl. The standard InChI is InChI=1S/C23H20Cl2F3N5O2/c1-12-8-14(24)9-15(22(35)32(2)11-13-5-6-13)19(12)30-21(34)17-10-18(23(26,27)28)31-33(17)20-16(25)4-3-7-29-20/h3-4,7-10,13H,5-6,11H2,1-2H3,(H,30,34). The number of aryl methyl sites for hydroxylation is 1. The number of benzene rings is 1. The van der Waals surface area contributed by atoms with Gasteiger partial charge in [0, 0.05) is 30.9 Å². The summed E-state index contributed by atoms with van der Waals surface area (Å²) in [5.41, 5.74) is -1.02. The van der Waals surface area contributed by atoms with Crippen LogP contribution in [0.3, 0.4) is 0 Å². The topological polar surface area (TPSA) is 80.1 Å². The van der Waals surface area contributed by atoms with E-state index in [4.69, 9.17) is 23.2 Å². The van der Waals surface area contributed by atoms with Crippen molar-refractivity contribution < 1.29 is 22.8 Å². The number of nitrogens with one attached hydrogen (secondary N) is 1. The van der Waals surface area contributed by atoms with E-state index in [0.717, 1.165) is 17.5 Å². The summed E-state index contributed by atoms with van der Waals surface area (Å²) in [7, 11) is 1.65. The quantitative estimate of drug-likeness (QED) is 0.451. The Morgan fingerprint density at radius 1 is 1.23 bits per heavy atom. The Morgan fingerprint density at radius 2 is 1.94 bits per heavy atom. The average molecular weight is 526 g/mol. The molecule has 3 aromatic rings. The first kappa shape index (κ1) is 25.0. The summed E-state index contributed by atoms with van der Waals surface area (Å²) in [5, 5.41) is 6.39. The van der Waals surface area contributed by atoms with Gasteiger partial charge >= 0.3 is 6.18 Å². The third-order valence-electron chi connectivity index (χ3n) is 5.52. The lowest BCUT2D eigenvalue weighted by Gasteiger charge is -2.20. The third kappa shape index (κ3) is 5.43. The fraction of sp³-hybridized carbons (Fsp3) is 0.304. The number of anilines is 1. The number of amides is 2. The molecular weight excluding hydrogens is 506 g/mol. The first-order valence-corrected chi connectivity index (χ1v) is 11.4. The molecule has 2 heterocycles. The van der Waals surface area contributed by atoms with E-state index in [9.17, 15) is 22.8 Å². The molecule has 0 saturated heterocycles. The fourth-order valence-electron chi connectivity index (χ4n) is 3.61. The summed E-state index contributed by atoms with van der Waals surface area (Å²) in [6.45, 7) is 2.19. The maximum absolute atomic E-state index is 13.4. The zero-order chi connectivity index (χ0) is 25.5. The maximum atomic E-state index is 13.4. The molecule has 1 N–H and O–H groups in total. The average Bonchev–Trinajstić information content (AvgIpc) is 3.47. The van der Waals surface area contributed by atoms with Crippen LogP contribution in [0.2, 0.25) is 10.0 Å². The number of nitrogens with zero attached hydrogens (tertiary/aromatic N) is 4. The van der Waals surface area contributed by atoms with Gasteiger partial charge in [-0.25, -0.2) is 9.67 Å². The minimum Gasteiger partial charge on any atom is -0.341 e. The molecule has 0 radical (unpaired) electrons. The number of halogens is 5. The second kappa shape index (κ2) is 9.50. The van der Waals surface area contributed by atoms with Gasteiger partial charge in [-0.2, -0.15) is 18.3 Å². The zero-order valence-corrected chi connectivity index (χ0v) is 20.2. The van der Waals surface area contributed by atoms with Crippen molar-refractivity contribution in [3.8, 4) is 5.82 Å². The van der Waals surface area contributed by atoms with Crippen LogP contribution in [-0.2, 0) is 6.18 Å². The minimum absolute atomic E-state index is 0.00128. The van der Waals surface area contributed by atoms with E-state index in [1.54, 1.807) is 20.0 Å². The van der Waals surface area contributed by atoms with Gasteiger partial charge in [0.2, 0.25) is 0 Å². The lowest BCUT2D eigenvalue weighted by molar-refractivity contribution is -0.141. The van der Waals surface area contributed by atoms with Crippen molar-refractivity contribution >= 4 is 40.7 Å². The maximum Gasteiger partial charge on any atom is 0.435 e. The number of carbonyl (C=O) groups is 2. The van der Waals surface area contributed by atoms with Gasteiger partial charge in [0.05, 0.1) is 16.3 Å². The van der Waals surface area contributed by atoms with E-state index in [0.29, 0.717) is 24.1 Å². The Bertz CT molecular complexity index is 1300. The second-order valence-corrected chi connectivity index (χ2v) is 9.21. The molecule has 1 aromatic carbocycles. The summed E-state index contributed by atoms with van der Waals surface area (Å²) in [6.07, 6.45) is -1.42. The predicted molar refractivity (Wildman–Crippen MR) is 125 cm³/mol. The molecule has 7 nitrogen and oxygen atoms in total. The highest BCUT2D eigenvalue weighted by molar-refractivity contribution is 6.32. The van der Waals surface area contributed by atoms with E-state index < -0.39 is 23.5 Å². The monoisotopic (exact) mass is 525 g/mol. The molecule has 4 rings (SSSR count). The van der Waals surface area contributed by atoms with Crippen molar-refractivity contribution in [1.82, 2.24) is 19.7 Å². The van der Waals surface area contributed by atoms with Crippen molar-refractivity contribution in [2.24, 2.45) is 5.92 Å². The van der Waals surface area contributed by atoms with Crippen LogP contribution in [-0.4, -0.2) is 45.1 Å². The van der Waals surface area contributed by atoms with Crippen LogP contribution in [0.5, 0.6) is 0 Å². The number of pyridine rings is 1. The fourth-order valence-corrected chi connectivity index (χ4v) is 4.08. The van der Waals surface area contributed by atoms with E-state index in [1.165, 1.54) is 29.3 Å². The normalized spacial score (nSPS) is 13.6. The van der Waals surface area contributed by atoms with E-state index in [-0.39, 0.29) is 33.0 Å². The summed E-state index contributed by atoms with van der Waals surface area (Å²) < 4.78 is 41.0. The molecule has 2 aromatic heterocycles. The Hall–Kier alpha value is -3.11. The molecular formula is C23H20Cl2F3N5O2. The molecule has 0 atom stereocenters. The Morgan fingerprint density at radius 3 is 2.57 bits per heavy atom. The molecule has 1 fully saturated rings. The van der Waals surface area contributed by atoms with E-state index >= 15 is 0 Å². The molecule has 2 amide bonds. The number of hydrogen-bond acceptors (Lipinski definition) is 4. The van der Waals surface area contributed by atoms with Crippen LogP contribution in [0, 0.1) is 12.8 Å². The molecule has 35 heavy (non-hydrogen) atoms. The van der Waals surface area contributed by atoms with E-state index in [2.05, 4.69) is 15.4 Å². The summed E-state index contributed by atoms with van der Waals surface area (Å²) >= 11 is 12.3. The number of rotatable bonds is 6. The molecule has 1 aliphatic carbocycles. The molecule has 1 saturated carbocycles. The molecule has 1 aliphatic rings. The van der Waals surface area contributed by atoms with Gasteiger partial charge < -0.3 is 10.2 Å². The first-order valence-electron chi connectivity index (χ1n) is 10.6. The lowest BCUT2D eigenvalue weighted by atomic mass is 10.1. The van der Waals surface area contributed by atoms with Gasteiger partial charge in [0.1, 0.15) is 5.69 Å². The van der Waals surface area contributed by atoms with Crippen molar-refractivity contribution in [3.05, 3.63) is 69.1 Å². The molecule has 0 bridgehead atoms. The highest BCUT2D eigenvalue weighted by atomic mass is 35.5. The number of aromatic nitrogens is 3. The molecule has 0 spiro atoms. The summed E-state index contributed by atoms with van der Waals surface area (Å²) in [5.74, 6) is -1.02. The van der Waals surface area contributed by atoms with Crippen molar-refractivity contribution in [1.29, 1.82) is 0 Å². The van der Waals surface area contributed by atoms with Gasteiger partial charge in [0.25, 0.3) is 11.8 Å². The van der Waals surface area contributed by atoms with Crippen LogP contribution in [0.4, 0.5) is 18.9 Å². The van der Waals surface area contributed by atoms with Crippen LogP contribution in [0.1, 0.15) is 44.9 Å². The number of carbonyl (C=O) groups excluding carboxylic acids is 2. The second-order valence-electron chi connectivity index (χ2n) is 8.36. The number of hydrogen-bond donors (Lipinski definition) is 1. The Balaban J connectivity index is 1.74. The third-order valence-corrected chi connectivity index (χ3v) is 6.03. The molecule has 0 aliphatic heterocycles. The highest BCUT2D eigenvalue weighted by Crippen LogP contribution is 2.33. The van der Waals surface area contributed by atoms with Crippen molar-refractivity contribution in [3.63, 3.8) is 0 Å². The minimum atomic E-state index is -4.82. The smallest absolute Gasteiger partial charge is 0.341 e. The van der Waals surface area contributed by atoms with Gasteiger partial charge in [0.15, 0.2) is 11.5 Å². The highest BCUT2D eigenvalue weighted by Gasteiger charge is 2.37. The number of alkyl halides is 3. The predicted octanol–water partition coefficient (Wildman–Crippen LogP) is 5.64. The van der Waals surface area contributed by atoms with E-state index in [1.807, 2.05) is 0 Å². The van der Waals surface area contributed by atoms with Crippen LogP contribution >= 0.6 is 23.2 Å². The molecule has 12 heteroatoms. The zero-order valence-electron chi connectivity index (χ0n) is 18.7. The van der Waals surface area contributed by atoms with Crippen LogP contribution < -0.4 is 5.32 Å². The van der Waals surface area contributed by atoms with Gasteiger partial charge in [-0.3, -0.25) is 9.59 Å². The van der Waals surface area contributed by atoms with Crippen molar-refractivity contribution in [2.75, 3.05) is 18.9 Å². The largest absolute Gasteiger partial charge is 0.435 e. The van der Waals surface area contributed by atoms with Crippen LogP contribution in [0.15, 0.2) is 36.5 Å². The van der Waals surface area contributed by atoms with Gasteiger partial charge in [-0.05, 0) is 55.5 Å². The summed E-state index contributed by atoms with van der Waals surface area (Å²) in [4.78, 5) is 31.9. The lowest BCUT2D eigenvalue weighted by Crippen LogP contribution is -2.30. The van der Waals surface area contributed by atoms with Crippen molar-refractivity contribution in [2.45, 2.75) is 25.9 Å².